The standard InChI is InChI=1S/C21H30N4O/c1-3-26-19-9-5-4-7-17(19)15-25-13-10-16(11-14-25)20(22)18-8-6-12-24-21(18)23-2/h6-9,12,16,22H,3-5,10-11,13-15H2,1-2H3,(H,23,24). The van der Waals surface area contributed by atoms with E-state index in [9.17, 15) is 0 Å². The van der Waals surface area contributed by atoms with Crippen molar-refractivity contribution < 1.29 is 4.74 Å². The predicted molar refractivity (Wildman–Crippen MR) is 107 cm³/mol. The number of hydrogen-bond acceptors (Lipinski definition) is 5. The van der Waals surface area contributed by atoms with Gasteiger partial charge in [0.25, 0.3) is 0 Å². The number of rotatable bonds is 7. The molecule has 1 saturated heterocycles. The van der Waals surface area contributed by atoms with Crippen molar-refractivity contribution in [3.63, 3.8) is 0 Å². The van der Waals surface area contributed by atoms with E-state index in [1.165, 1.54) is 5.57 Å². The van der Waals surface area contributed by atoms with Crippen LogP contribution < -0.4 is 5.32 Å². The van der Waals surface area contributed by atoms with Crippen LogP contribution in [0, 0.1) is 11.3 Å². The molecule has 1 aromatic rings. The number of hydrogen-bond donors (Lipinski definition) is 2. The number of piperidine rings is 1. The molecule has 26 heavy (non-hydrogen) atoms. The van der Waals surface area contributed by atoms with Crippen molar-refractivity contribution in [2.24, 2.45) is 5.92 Å². The molecule has 0 bridgehead atoms. The number of allylic oxidation sites excluding steroid dienone is 2. The summed E-state index contributed by atoms with van der Waals surface area (Å²) in [6, 6.07) is 3.91. The Balaban J connectivity index is 1.57. The van der Waals surface area contributed by atoms with Crippen LogP contribution >= 0.6 is 0 Å². The minimum absolute atomic E-state index is 0.310. The highest BCUT2D eigenvalue weighted by Gasteiger charge is 2.26. The van der Waals surface area contributed by atoms with Crippen LogP contribution in [-0.2, 0) is 4.74 Å². The largest absolute Gasteiger partial charge is 0.494 e. The van der Waals surface area contributed by atoms with Gasteiger partial charge in [-0.15, -0.1) is 0 Å². The lowest BCUT2D eigenvalue weighted by Crippen LogP contribution is -2.38. The molecule has 1 aliphatic carbocycles. The van der Waals surface area contributed by atoms with E-state index in [1.807, 2.05) is 26.1 Å². The Morgan fingerprint density at radius 1 is 1.31 bits per heavy atom. The summed E-state index contributed by atoms with van der Waals surface area (Å²) in [5.41, 5.74) is 2.98. The van der Waals surface area contributed by atoms with Gasteiger partial charge in [-0.1, -0.05) is 6.08 Å². The number of aromatic nitrogens is 1. The van der Waals surface area contributed by atoms with Gasteiger partial charge in [-0.2, -0.15) is 0 Å². The van der Waals surface area contributed by atoms with Gasteiger partial charge in [-0.25, -0.2) is 4.98 Å². The second-order valence-electron chi connectivity index (χ2n) is 6.92. The van der Waals surface area contributed by atoms with Crippen molar-refractivity contribution in [1.82, 2.24) is 9.88 Å². The zero-order valence-electron chi connectivity index (χ0n) is 15.9. The first-order chi connectivity index (χ1) is 12.7. The molecule has 0 amide bonds. The molecule has 1 fully saturated rings. The first kappa shape index (κ1) is 18.6. The van der Waals surface area contributed by atoms with Gasteiger partial charge in [0.2, 0.25) is 0 Å². The monoisotopic (exact) mass is 354 g/mol. The zero-order valence-corrected chi connectivity index (χ0v) is 15.9. The lowest BCUT2D eigenvalue weighted by atomic mass is 9.88. The molecule has 1 aromatic heterocycles. The number of anilines is 1. The van der Waals surface area contributed by atoms with E-state index in [2.05, 4.69) is 27.4 Å². The molecule has 0 aromatic carbocycles. The third-order valence-corrected chi connectivity index (χ3v) is 5.23. The van der Waals surface area contributed by atoms with Gasteiger partial charge in [0.15, 0.2) is 0 Å². The van der Waals surface area contributed by atoms with Gasteiger partial charge in [-0.05, 0) is 63.9 Å². The Bertz CT molecular complexity index is 687. The normalized spacial score (nSPS) is 18.8. The first-order valence-corrected chi connectivity index (χ1v) is 9.69. The molecule has 0 unspecified atom stereocenters. The van der Waals surface area contributed by atoms with Crippen LogP contribution in [0.4, 0.5) is 5.82 Å². The summed E-state index contributed by atoms with van der Waals surface area (Å²) in [6.45, 7) is 5.78. The van der Waals surface area contributed by atoms with Crippen LogP contribution in [0.5, 0.6) is 0 Å². The summed E-state index contributed by atoms with van der Waals surface area (Å²) in [6.07, 6.45) is 10.6. The number of pyridine rings is 1. The maximum atomic E-state index is 8.63. The van der Waals surface area contributed by atoms with E-state index >= 15 is 0 Å². The van der Waals surface area contributed by atoms with Gasteiger partial charge in [0.1, 0.15) is 11.6 Å². The summed E-state index contributed by atoms with van der Waals surface area (Å²) in [5, 5.41) is 11.7. The molecule has 2 N–H and O–H groups in total. The Kier molecular flexibility index (Phi) is 6.45. The number of ether oxygens (including phenoxy) is 1. The van der Waals surface area contributed by atoms with Crippen molar-refractivity contribution in [2.75, 3.05) is 38.6 Å². The summed E-state index contributed by atoms with van der Waals surface area (Å²) >= 11 is 0. The van der Waals surface area contributed by atoms with Crippen molar-refractivity contribution in [3.8, 4) is 0 Å². The molecule has 1 aliphatic heterocycles. The summed E-state index contributed by atoms with van der Waals surface area (Å²) < 4.78 is 5.80. The molecule has 0 atom stereocenters. The highest BCUT2D eigenvalue weighted by molar-refractivity contribution is 6.03. The second kappa shape index (κ2) is 8.99. The van der Waals surface area contributed by atoms with Gasteiger partial charge < -0.3 is 15.5 Å². The van der Waals surface area contributed by atoms with Crippen molar-refractivity contribution in [2.45, 2.75) is 32.6 Å². The Hall–Kier alpha value is -2.14. The van der Waals surface area contributed by atoms with Gasteiger partial charge in [0.05, 0.1) is 6.61 Å². The van der Waals surface area contributed by atoms with Crippen LogP contribution in [0.15, 0.2) is 41.8 Å². The fourth-order valence-corrected chi connectivity index (χ4v) is 3.82. The third-order valence-electron chi connectivity index (χ3n) is 5.23. The van der Waals surface area contributed by atoms with Crippen molar-refractivity contribution in [3.05, 3.63) is 47.4 Å². The molecule has 0 radical (unpaired) electrons. The lowest BCUT2D eigenvalue weighted by molar-refractivity contribution is 0.203. The van der Waals surface area contributed by atoms with E-state index in [4.69, 9.17) is 10.1 Å². The average Bonchev–Trinajstić information content (AvgIpc) is 2.69. The molecule has 3 rings (SSSR count). The summed E-state index contributed by atoms with van der Waals surface area (Å²) in [5.74, 6) is 2.19. The topological polar surface area (TPSA) is 61.2 Å². The smallest absolute Gasteiger partial charge is 0.134 e. The Morgan fingerprint density at radius 2 is 2.08 bits per heavy atom. The summed E-state index contributed by atoms with van der Waals surface area (Å²) in [4.78, 5) is 6.84. The molecule has 5 heteroatoms. The quantitative estimate of drug-likeness (QED) is 0.730. The lowest BCUT2D eigenvalue weighted by Gasteiger charge is -2.33. The van der Waals surface area contributed by atoms with E-state index in [0.717, 1.165) is 69.1 Å². The number of nitrogens with zero attached hydrogens (tertiary/aromatic N) is 2. The molecule has 5 nitrogen and oxygen atoms in total. The van der Waals surface area contributed by atoms with E-state index in [-0.39, 0.29) is 0 Å². The first-order valence-electron chi connectivity index (χ1n) is 9.69. The SMILES string of the molecule is CCOC1=CCCC=C1CN1CCC(C(=N)c2cccnc2NC)CC1. The molecule has 0 saturated carbocycles. The molecule has 0 spiro atoms. The second-order valence-corrected chi connectivity index (χ2v) is 6.92. The molecular formula is C21H30N4O. The molecule has 2 heterocycles. The minimum Gasteiger partial charge on any atom is -0.494 e. The van der Waals surface area contributed by atoms with Crippen LogP contribution in [-0.4, -0.2) is 48.9 Å². The highest BCUT2D eigenvalue weighted by atomic mass is 16.5. The average molecular weight is 354 g/mol. The van der Waals surface area contributed by atoms with Crippen molar-refractivity contribution in [1.29, 1.82) is 5.41 Å². The fraction of sp³-hybridized carbons (Fsp3) is 0.524. The van der Waals surface area contributed by atoms with Crippen molar-refractivity contribution >= 4 is 11.5 Å². The maximum absolute atomic E-state index is 8.63. The molecule has 140 valence electrons. The van der Waals surface area contributed by atoms with Crippen LogP contribution in [0.3, 0.4) is 0 Å². The molecular weight excluding hydrogens is 324 g/mol. The van der Waals surface area contributed by atoms with Gasteiger partial charge >= 0.3 is 0 Å². The zero-order chi connectivity index (χ0) is 18.4. The fourth-order valence-electron chi connectivity index (χ4n) is 3.82. The predicted octanol–water partition coefficient (Wildman–Crippen LogP) is 3.84. The van der Waals surface area contributed by atoms with Crippen LogP contribution in [0.1, 0.15) is 38.2 Å². The van der Waals surface area contributed by atoms with Crippen LogP contribution in [0.2, 0.25) is 0 Å². The van der Waals surface area contributed by atoms with Gasteiger partial charge in [-0.3, -0.25) is 4.90 Å². The van der Waals surface area contributed by atoms with E-state index in [0.29, 0.717) is 11.6 Å². The number of nitrogens with one attached hydrogen (secondary N) is 2. The van der Waals surface area contributed by atoms with E-state index < -0.39 is 0 Å². The third kappa shape index (κ3) is 4.33. The minimum atomic E-state index is 0.310. The Labute approximate surface area is 156 Å². The highest BCUT2D eigenvalue weighted by Crippen LogP contribution is 2.27. The Morgan fingerprint density at radius 3 is 2.81 bits per heavy atom. The maximum Gasteiger partial charge on any atom is 0.134 e. The number of likely N-dealkylation sites (tertiary alicyclic amines) is 1. The van der Waals surface area contributed by atoms with Crippen LogP contribution in [0.25, 0.3) is 0 Å². The van der Waals surface area contributed by atoms with E-state index in [1.54, 1.807) is 6.20 Å². The molecule has 2 aliphatic rings. The summed E-state index contributed by atoms with van der Waals surface area (Å²) in [7, 11) is 1.86. The van der Waals surface area contributed by atoms with Gasteiger partial charge in [0, 0.05) is 42.6 Å².